The number of hydrogen-bond donors (Lipinski definition) is 0. The molecular formula is C15H15Br. The van der Waals surface area contributed by atoms with Crippen LogP contribution in [0.2, 0.25) is 0 Å². The highest BCUT2D eigenvalue weighted by atomic mass is 79.9. The van der Waals surface area contributed by atoms with Gasteiger partial charge in [-0.1, -0.05) is 72.2 Å². The van der Waals surface area contributed by atoms with Crippen molar-refractivity contribution in [3.63, 3.8) is 0 Å². The Hall–Kier alpha value is -1.08. The zero-order valence-electron chi connectivity index (χ0n) is 9.57. The van der Waals surface area contributed by atoms with Crippen LogP contribution in [0.15, 0.2) is 59.1 Å². The minimum absolute atomic E-state index is 0.0467. The summed E-state index contributed by atoms with van der Waals surface area (Å²) in [6, 6.07) is 19.1. The number of halogens is 1. The largest absolute Gasteiger partial charge is 0.0622 e. The Labute approximate surface area is 105 Å². The Morgan fingerprint density at radius 3 is 2.06 bits per heavy atom. The smallest absolute Gasteiger partial charge is 0.0178 e. The highest BCUT2D eigenvalue weighted by Gasteiger charge is 2.22. The van der Waals surface area contributed by atoms with Crippen LogP contribution in [-0.2, 0) is 5.41 Å². The van der Waals surface area contributed by atoms with Crippen molar-refractivity contribution in [2.24, 2.45) is 0 Å². The van der Waals surface area contributed by atoms with Gasteiger partial charge in [0, 0.05) is 9.89 Å². The first kappa shape index (κ1) is 11.4. The van der Waals surface area contributed by atoms with E-state index >= 15 is 0 Å². The number of benzene rings is 2. The molecule has 0 saturated heterocycles. The molecule has 0 saturated carbocycles. The third kappa shape index (κ3) is 2.19. The maximum atomic E-state index is 3.53. The van der Waals surface area contributed by atoms with Crippen LogP contribution in [0, 0.1) is 0 Å². The molecule has 0 amide bonds. The maximum Gasteiger partial charge on any atom is 0.0178 e. The van der Waals surface area contributed by atoms with Crippen LogP contribution < -0.4 is 0 Å². The predicted molar refractivity (Wildman–Crippen MR) is 72.7 cm³/mol. The van der Waals surface area contributed by atoms with E-state index in [1.807, 2.05) is 0 Å². The molecule has 0 aromatic heterocycles. The van der Waals surface area contributed by atoms with Gasteiger partial charge in [0.1, 0.15) is 0 Å². The van der Waals surface area contributed by atoms with Crippen molar-refractivity contribution < 1.29 is 0 Å². The fourth-order valence-corrected chi connectivity index (χ4v) is 2.30. The highest BCUT2D eigenvalue weighted by molar-refractivity contribution is 9.10. The standard InChI is InChI=1S/C15H15Br/c1-15(2,12-7-4-3-5-8-12)13-9-6-10-14(16)11-13/h3-11H,1-2H3. The van der Waals surface area contributed by atoms with Gasteiger partial charge in [-0.2, -0.15) is 0 Å². The lowest BCUT2D eigenvalue weighted by Crippen LogP contribution is -2.18. The Kier molecular flexibility index (Phi) is 3.15. The van der Waals surface area contributed by atoms with Crippen molar-refractivity contribution in [3.05, 3.63) is 70.2 Å². The summed E-state index contributed by atoms with van der Waals surface area (Å²) >= 11 is 3.53. The summed E-state index contributed by atoms with van der Waals surface area (Å²) in [4.78, 5) is 0. The fraction of sp³-hybridized carbons (Fsp3) is 0.200. The molecule has 0 heterocycles. The topological polar surface area (TPSA) is 0 Å². The zero-order chi connectivity index (χ0) is 11.6. The van der Waals surface area contributed by atoms with E-state index in [1.54, 1.807) is 0 Å². The molecule has 0 fully saturated rings. The van der Waals surface area contributed by atoms with Gasteiger partial charge in [-0.3, -0.25) is 0 Å². The molecule has 2 rings (SSSR count). The Balaban J connectivity index is 2.47. The molecule has 1 heteroatoms. The van der Waals surface area contributed by atoms with Crippen LogP contribution in [0.4, 0.5) is 0 Å². The second-order valence-electron chi connectivity index (χ2n) is 4.50. The minimum Gasteiger partial charge on any atom is -0.0622 e. The molecule has 16 heavy (non-hydrogen) atoms. The molecule has 0 spiro atoms. The van der Waals surface area contributed by atoms with E-state index in [-0.39, 0.29) is 5.41 Å². The van der Waals surface area contributed by atoms with E-state index in [9.17, 15) is 0 Å². The van der Waals surface area contributed by atoms with Crippen molar-refractivity contribution >= 4 is 15.9 Å². The Morgan fingerprint density at radius 1 is 0.812 bits per heavy atom. The summed E-state index contributed by atoms with van der Waals surface area (Å²) in [6.07, 6.45) is 0. The predicted octanol–water partition coefficient (Wildman–Crippen LogP) is 4.78. The molecule has 0 aliphatic carbocycles. The van der Waals surface area contributed by atoms with E-state index in [1.165, 1.54) is 11.1 Å². The summed E-state index contributed by atoms with van der Waals surface area (Å²) in [7, 11) is 0. The van der Waals surface area contributed by atoms with Crippen LogP contribution in [0.3, 0.4) is 0 Å². The first-order valence-electron chi connectivity index (χ1n) is 5.42. The molecule has 0 nitrogen and oxygen atoms in total. The van der Waals surface area contributed by atoms with Gasteiger partial charge in [0.15, 0.2) is 0 Å². The Bertz CT molecular complexity index is 472. The molecule has 0 aliphatic rings. The summed E-state index contributed by atoms with van der Waals surface area (Å²) in [5.74, 6) is 0. The molecule has 0 aliphatic heterocycles. The van der Waals surface area contributed by atoms with Gasteiger partial charge in [-0.15, -0.1) is 0 Å². The SMILES string of the molecule is CC(C)(c1ccccc1)c1cccc(Br)c1. The van der Waals surface area contributed by atoms with Crippen LogP contribution in [0.1, 0.15) is 25.0 Å². The van der Waals surface area contributed by atoms with E-state index in [4.69, 9.17) is 0 Å². The van der Waals surface area contributed by atoms with Gasteiger partial charge in [0.2, 0.25) is 0 Å². The first-order valence-corrected chi connectivity index (χ1v) is 6.21. The molecule has 0 unspecified atom stereocenters. The van der Waals surface area contributed by atoms with Crippen molar-refractivity contribution in [2.45, 2.75) is 19.3 Å². The lowest BCUT2D eigenvalue weighted by atomic mass is 9.78. The number of rotatable bonds is 2. The van der Waals surface area contributed by atoms with Crippen molar-refractivity contribution in [1.29, 1.82) is 0 Å². The lowest BCUT2D eigenvalue weighted by Gasteiger charge is -2.26. The van der Waals surface area contributed by atoms with Crippen molar-refractivity contribution in [1.82, 2.24) is 0 Å². The molecule has 82 valence electrons. The summed E-state index contributed by atoms with van der Waals surface area (Å²) < 4.78 is 1.13. The molecule has 0 N–H and O–H groups in total. The summed E-state index contributed by atoms with van der Waals surface area (Å²) in [5.41, 5.74) is 2.71. The molecular weight excluding hydrogens is 260 g/mol. The van der Waals surface area contributed by atoms with Gasteiger partial charge in [-0.05, 0) is 23.3 Å². The second kappa shape index (κ2) is 4.42. The van der Waals surface area contributed by atoms with Crippen LogP contribution in [0.5, 0.6) is 0 Å². The summed E-state index contributed by atoms with van der Waals surface area (Å²) in [6.45, 7) is 4.51. The number of hydrogen-bond acceptors (Lipinski definition) is 0. The third-order valence-electron chi connectivity index (χ3n) is 3.04. The maximum absolute atomic E-state index is 3.53. The van der Waals surface area contributed by atoms with Gasteiger partial charge in [-0.25, -0.2) is 0 Å². The van der Waals surface area contributed by atoms with Gasteiger partial charge >= 0.3 is 0 Å². The minimum atomic E-state index is 0.0467. The van der Waals surface area contributed by atoms with E-state index in [2.05, 4.69) is 84.4 Å². The second-order valence-corrected chi connectivity index (χ2v) is 5.42. The van der Waals surface area contributed by atoms with E-state index in [0.717, 1.165) is 4.47 Å². The molecule has 0 bridgehead atoms. The molecule has 0 radical (unpaired) electrons. The first-order chi connectivity index (χ1) is 7.60. The third-order valence-corrected chi connectivity index (χ3v) is 3.54. The normalized spacial score (nSPS) is 11.4. The highest BCUT2D eigenvalue weighted by Crippen LogP contribution is 2.32. The zero-order valence-corrected chi connectivity index (χ0v) is 11.2. The Morgan fingerprint density at radius 2 is 1.44 bits per heavy atom. The van der Waals surface area contributed by atoms with Crippen LogP contribution in [0.25, 0.3) is 0 Å². The average molecular weight is 275 g/mol. The molecule has 2 aromatic rings. The average Bonchev–Trinajstić information content (AvgIpc) is 2.30. The quantitative estimate of drug-likeness (QED) is 0.740. The molecule has 0 atom stereocenters. The lowest BCUT2D eigenvalue weighted by molar-refractivity contribution is 0.640. The van der Waals surface area contributed by atoms with Crippen LogP contribution in [-0.4, -0.2) is 0 Å². The van der Waals surface area contributed by atoms with E-state index < -0.39 is 0 Å². The summed E-state index contributed by atoms with van der Waals surface area (Å²) in [5, 5.41) is 0. The van der Waals surface area contributed by atoms with Crippen LogP contribution >= 0.6 is 15.9 Å². The van der Waals surface area contributed by atoms with Gasteiger partial charge < -0.3 is 0 Å². The van der Waals surface area contributed by atoms with Crippen molar-refractivity contribution in [2.75, 3.05) is 0 Å². The fourth-order valence-electron chi connectivity index (χ4n) is 1.90. The monoisotopic (exact) mass is 274 g/mol. The molecule has 2 aromatic carbocycles. The van der Waals surface area contributed by atoms with Gasteiger partial charge in [0.05, 0.1) is 0 Å². The van der Waals surface area contributed by atoms with Crippen molar-refractivity contribution in [3.8, 4) is 0 Å². The van der Waals surface area contributed by atoms with Gasteiger partial charge in [0.25, 0.3) is 0 Å². The van der Waals surface area contributed by atoms with E-state index in [0.29, 0.717) is 0 Å².